The molecular weight excluding hydrogens is 638 g/mol. The molecule has 0 fully saturated rings. The van der Waals surface area contributed by atoms with Gasteiger partial charge in [-0.15, -0.1) is 0 Å². The number of alkyl halides is 3. The molecule has 250 valence electrons. The normalized spacial score (nSPS) is 11.9. The van der Waals surface area contributed by atoms with Gasteiger partial charge < -0.3 is 15.8 Å². The lowest BCUT2D eigenvalue weighted by Gasteiger charge is -2.16. The van der Waals surface area contributed by atoms with Crippen LogP contribution in [0.5, 0.6) is 0 Å². The van der Waals surface area contributed by atoms with Crippen molar-refractivity contribution in [2.24, 2.45) is 5.73 Å². The van der Waals surface area contributed by atoms with E-state index < -0.39 is 25.9 Å². The molecular formula is C35H37F3N6O3Si. The largest absolute Gasteiger partial charge is 0.435 e. The number of imidazole rings is 1. The van der Waals surface area contributed by atoms with Crippen LogP contribution in [0, 0.1) is 0 Å². The molecule has 9 nitrogen and oxygen atoms in total. The van der Waals surface area contributed by atoms with E-state index >= 15 is 0 Å². The maximum atomic E-state index is 14.5. The summed E-state index contributed by atoms with van der Waals surface area (Å²) in [5.41, 5.74) is 6.40. The molecule has 3 aromatic carbocycles. The van der Waals surface area contributed by atoms with Gasteiger partial charge in [-0.2, -0.15) is 18.3 Å². The standard InChI is InChI=1S/C35H37F3N6O3Si/c1-48(2,3)20-19-47-23-43-22-29(32(42-43)35(36,37)38)27-15-10-16-28(33(39)46)31(27)34-41-25(21-44(34)26-13-8-5-9-14-26)17-18-30(45)40-24-11-6-4-7-12-24/h4-16,21-22H,17-20,23H2,1-3H3,(H2,39,46)(H,40,45). The molecule has 0 saturated carbocycles. The second-order valence-corrected chi connectivity index (χ2v) is 18.2. The van der Waals surface area contributed by atoms with Crippen LogP contribution < -0.4 is 11.1 Å². The summed E-state index contributed by atoms with van der Waals surface area (Å²) in [6.07, 6.45) is -1.52. The van der Waals surface area contributed by atoms with Gasteiger partial charge in [0.1, 0.15) is 12.6 Å². The number of nitrogens with zero attached hydrogens (tertiary/aromatic N) is 4. The Morgan fingerprint density at radius 3 is 2.25 bits per heavy atom. The van der Waals surface area contributed by atoms with E-state index in [0.29, 0.717) is 23.7 Å². The highest BCUT2D eigenvalue weighted by atomic mass is 28.3. The number of amides is 2. The molecule has 0 aliphatic heterocycles. The zero-order valence-corrected chi connectivity index (χ0v) is 27.9. The van der Waals surface area contributed by atoms with Gasteiger partial charge in [-0.1, -0.05) is 68.2 Å². The molecule has 13 heteroatoms. The Bertz CT molecular complexity index is 1880. The first-order valence-corrected chi connectivity index (χ1v) is 19.2. The second-order valence-electron chi connectivity index (χ2n) is 12.5. The molecule has 5 aromatic rings. The average molecular weight is 675 g/mol. The van der Waals surface area contributed by atoms with Crippen LogP contribution in [-0.2, 0) is 28.9 Å². The molecule has 3 N–H and O–H groups in total. The van der Waals surface area contributed by atoms with Crippen LogP contribution in [0.1, 0.15) is 28.2 Å². The topological polar surface area (TPSA) is 117 Å². The molecule has 2 aromatic heterocycles. The summed E-state index contributed by atoms with van der Waals surface area (Å²) in [7, 11) is -1.42. The molecule has 2 heterocycles. The number of anilines is 1. The van der Waals surface area contributed by atoms with Gasteiger partial charge in [-0.3, -0.25) is 14.2 Å². The average Bonchev–Trinajstić information content (AvgIpc) is 3.67. The van der Waals surface area contributed by atoms with Crippen molar-refractivity contribution >= 4 is 25.6 Å². The van der Waals surface area contributed by atoms with Gasteiger partial charge in [0, 0.05) is 56.0 Å². The highest BCUT2D eigenvalue weighted by Crippen LogP contribution is 2.42. The number of para-hydroxylation sites is 2. The fraction of sp³-hybridized carbons (Fsp3) is 0.257. The third-order valence-corrected chi connectivity index (χ3v) is 9.25. The first-order chi connectivity index (χ1) is 22.8. The fourth-order valence-corrected chi connectivity index (χ4v) is 5.91. The Kier molecular flexibility index (Phi) is 10.3. The number of halogens is 3. The lowest BCUT2D eigenvalue weighted by atomic mass is 9.94. The van der Waals surface area contributed by atoms with E-state index in [1.165, 1.54) is 24.4 Å². The Labute approximate surface area is 277 Å². The van der Waals surface area contributed by atoms with Crippen LogP contribution >= 0.6 is 0 Å². The number of rotatable bonds is 13. The lowest BCUT2D eigenvalue weighted by molar-refractivity contribution is -0.141. The number of aromatic nitrogens is 4. The number of nitrogens with two attached hydrogens (primary N) is 1. The van der Waals surface area contributed by atoms with E-state index in [2.05, 4.69) is 30.1 Å². The van der Waals surface area contributed by atoms with Crippen molar-refractivity contribution in [3.63, 3.8) is 0 Å². The SMILES string of the molecule is C[Si](C)(C)CCOCn1cc(-c2cccc(C(N)=O)c2-c2nc(CCC(=O)Nc3ccccc3)cn2-c2ccccc2)c(C(F)(F)F)n1. The molecule has 0 spiro atoms. The summed E-state index contributed by atoms with van der Waals surface area (Å²) in [6.45, 7) is 6.77. The predicted octanol–water partition coefficient (Wildman–Crippen LogP) is 7.40. The second kappa shape index (κ2) is 14.4. The van der Waals surface area contributed by atoms with Crippen LogP contribution in [0.3, 0.4) is 0 Å². The molecule has 0 atom stereocenters. The van der Waals surface area contributed by atoms with E-state index in [9.17, 15) is 22.8 Å². The summed E-state index contributed by atoms with van der Waals surface area (Å²) < 4.78 is 52.0. The van der Waals surface area contributed by atoms with Gasteiger partial charge in [0.15, 0.2) is 5.69 Å². The number of aryl methyl sites for hydroxylation is 1. The molecule has 0 aliphatic rings. The summed E-state index contributed by atoms with van der Waals surface area (Å²) in [4.78, 5) is 30.4. The van der Waals surface area contributed by atoms with Crippen molar-refractivity contribution in [3.8, 4) is 28.2 Å². The smallest absolute Gasteiger partial charge is 0.366 e. The number of hydrogen-bond donors (Lipinski definition) is 2. The quantitative estimate of drug-likeness (QED) is 0.0997. The van der Waals surface area contributed by atoms with Crippen LogP contribution in [0.2, 0.25) is 25.7 Å². The first kappa shape index (κ1) is 34.3. The number of carbonyl (C=O) groups excluding carboxylic acids is 2. The molecule has 0 saturated heterocycles. The minimum Gasteiger partial charge on any atom is -0.366 e. The van der Waals surface area contributed by atoms with Crippen LogP contribution in [0.4, 0.5) is 18.9 Å². The van der Waals surface area contributed by atoms with E-state index in [1.54, 1.807) is 47.2 Å². The van der Waals surface area contributed by atoms with E-state index in [1.807, 2.05) is 24.3 Å². The maximum absolute atomic E-state index is 14.5. The maximum Gasteiger partial charge on any atom is 0.435 e. The van der Waals surface area contributed by atoms with Gasteiger partial charge in [0.2, 0.25) is 11.8 Å². The Morgan fingerprint density at radius 2 is 1.60 bits per heavy atom. The Morgan fingerprint density at radius 1 is 0.917 bits per heavy atom. The van der Waals surface area contributed by atoms with Crippen molar-refractivity contribution < 1.29 is 27.5 Å². The lowest BCUT2D eigenvalue weighted by Crippen LogP contribution is -2.22. The fourth-order valence-electron chi connectivity index (χ4n) is 5.15. The molecule has 0 unspecified atom stereocenters. The van der Waals surface area contributed by atoms with Crippen LogP contribution in [0.25, 0.3) is 28.2 Å². The Hall–Kier alpha value is -5.01. The van der Waals surface area contributed by atoms with Gasteiger partial charge in [0.05, 0.1) is 11.3 Å². The van der Waals surface area contributed by atoms with Gasteiger partial charge >= 0.3 is 6.18 Å². The van der Waals surface area contributed by atoms with Gasteiger partial charge in [-0.25, -0.2) is 9.67 Å². The molecule has 0 aliphatic carbocycles. The number of ether oxygens (including phenoxy) is 1. The van der Waals surface area contributed by atoms with E-state index in [4.69, 9.17) is 15.5 Å². The number of nitrogens with one attached hydrogen (secondary N) is 1. The van der Waals surface area contributed by atoms with Gasteiger partial charge in [-0.05, 0) is 48.4 Å². The first-order valence-electron chi connectivity index (χ1n) is 15.4. The third kappa shape index (κ3) is 8.47. The van der Waals surface area contributed by atoms with Crippen molar-refractivity contribution in [2.45, 2.75) is 51.4 Å². The van der Waals surface area contributed by atoms with E-state index in [-0.39, 0.29) is 53.6 Å². The molecule has 0 bridgehead atoms. The van der Waals surface area contributed by atoms with Crippen molar-refractivity contribution in [1.82, 2.24) is 19.3 Å². The number of benzene rings is 3. The molecule has 2 amide bonds. The highest BCUT2D eigenvalue weighted by molar-refractivity contribution is 6.76. The van der Waals surface area contributed by atoms with Crippen molar-refractivity contribution in [1.29, 1.82) is 0 Å². The minimum absolute atomic E-state index is 0.0177. The Balaban J connectivity index is 1.58. The van der Waals surface area contributed by atoms with Crippen LogP contribution in [0.15, 0.2) is 91.3 Å². The monoisotopic (exact) mass is 674 g/mol. The zero-order chi connectivity index (χ0) is 34.5. The summed E-state index contributed by atoms with van der Waals surface area (Å²) >= 11 is 0. The highest BCUT2D eigenvalue weighted by Gasteiger charge is 2.39. The number of hydrogen-bond acceptors (Lipinski definition) is 5. The molecule has 48 heavy (non-hydrogen) atoms. The van der Waals surface area contributed by atoms with Gasteiger partial charge in [0.25, 0.3) is 0 Å². The summed E-state index contributed by atoms with van der Waals surface area (Å²) in [6, 6.07) is 23.3. The number of primary amides is 1. The summed E-state index contributed by atoms with van der Waals surface area (Å²) in [5.74, 6) is -0.880. The van der Waals surface area contributed by atoms with E-state index in [0.717, 1.165) is 10.7 Å². The zero-order valence-electron chi connectivity index (χ0n) is 26.9. The number of carbonyl (C=O) groups is 2. The minimum atomic E-state index is -4.81. The van der Waals surface area contributed by atoms with Crippen molar-refractivity contribution in [3.05, 3.63) is 108 Å². The predicted molar refractivity (Wildman–Crippen MR) is 181 cm³/mol. The third-order valence-electron chi connectivity index (χ3n) is 7.55. The molecule has 5 rings (SSSR count). The van der Waals surface area contributed by atoms with Crippen LogP contribution in [-0.4, -0.2) is 45.8 Å². The summed E-state index contributed by atoms with van der Waals surface area (Å²) in [5, 5.41) is 6.70. The van der Waals surface area contributed by atoms with Crippen molar-refractivity contribution in [2.75, 3.05) is 11.9 Å². The molecule has 0 radical (unpaired) electrons.